The standard InChI is InChI=1S/C18H21F2N5O3S/c19-15-4-3-14(13-16(15)20)17(26)21-7-2-12-29(27,28)25-10-8-24(9-11-25)18-22-5-1-6-23-18/h1,3-6,13H,2,7-12H2,(H,21,26). The molecule has 0 spiro atoms. The highest BCUT2D eigenvalue weighted by molar-refractivity contribution is 7.89. The number of nitrogens with one attached hydrogen (secondary N) is 1. The number of benzene rings is 1. The summed E-state index contributed by atoms with van der Waals surface area (Å²) >= 11 is 0. The molecule has 0 radical (unpaired) electrons. The molecule has 1 saturated heterocycles. The second-order valence-corrected chi connectivity index (χ2v) is 8.58. The lowest BCUT2D eigenvalue weighted by Gasteiger charge is -2.33. The molecule has 1 aliphatic heterocycles. The zero-order chi connectivity index (χ0) is 20.9. The number of hydrogen-bond donors (Lipinski definition) is 1. The van der Waals surface area contributed by atoms with E-state index in [4.69, 9.17) is 0 Å². The number of hydrogen-bond acceptors (Lipinski definition) is 6. The topological polar surface area (TPSA) is 95.5 Å². The van der Waals surface area contributed by atoms with E-state index in [1.165, 1.54) is 10.4 Å². The summed E-state index contributed by atoms with van der Waals surface area (Å²) in [5, 5.41) is 2.51. The smallest absolute Gasteiger partial charge is 0.251 e. The SMILES string of the molecule is O=C(NCCCS(=O)(=O)N1CCN(c2ncccn2)CC1)c1ccc(F)c(F)c1. The highest BCUT2D eigenvalue weighted by atomic mass is 32.2. The van der Waals surface area contributed by atoms with Crippen LogP contribution in [0.2, 0.25) is 0 Å². The Kier molecular flexibility index (Phi) is 6.70. The number of anilines is 1. The van der Waals surface area contributed by atoms with Crippen LogP contribution in [0.5, 0.6) is 0 Å². The molecule has 1 aliphatic rings. The number of nitrogens with zero attached hydrogens (tertiary/aromatic N) is 4. The van der Waals surface area contributed by atoms with Gasteiger partial charge in [-0.25, -0.2) is 27.2 Å². The average molecular weight is 425 g/mol. The zero-order valence-electron chi connectivity index (χ0n) is 15.6. The van der Waals surface area contributed by atoms with Crippen LogP contribution in [0.25, 0.3) is 0 Å². The van der Waals surface area contributed by atoms with Gasteiger partial charge >= 0.3 is 0 Å². The van der Waals surface area contributed by atoms with Crippen molar-refractivity contribution in [2.24, 2.45) is 0 Å². The van der Waals surface area contributed by atoms with Crippen LogP contribution in [-0.2, 0) is 10.0 Å². The minimum atomic E-state index is -3.46. The molecular formula is C18H21F2N5O3S. The lowest BCUT2D eigenvalue weighted by atomic mass is 10.2. The number of aromatic nitrogens is 2. The van der Waals surface area contributed by atoms with Crippen LogP contribution >= 0.6 is 0 Å². The second-order valence-electron chi connectivity index (χ2n) is 6.49. The van der Waals surface area contributed by atoms with E-state index >= 15 is 0 Å². The molecule has 1 aromatic heterocycles. The average Bonchev–Trinajstić information content (AvgIpc) is 2.74. The summed E-state index contributed by atoms with van der Waals surface area (Å²) in [5.41, 5.74) is -0.0222. The zero-order valence-corrected chi connectivity index (χ0v) is 16.4. The van der Waals surface area contributed by atoms with Gasteiger partial charge in [-0.1, -0.05) is 0 Å². The number of amides is 1. The lowest BCUT2D eigenvalue weighted by molar-refractivity contribution is 0.0953. The van der Waals surface area contributed by atoms with Gasteiger partial charge in [-0.15, -0.1) is 0 Å². The van der Waals surface area contributed by atoms with Gasteiger partial charge in [-0.2, -0.15) is 4.31 Å². The molecule has 2 aromatic rings. The summed E-state index contributed by atoms with van der Waals surface area (Å²) in [6.07, 6.45) is 3.49. The first-order valence-electron chi connectivity index (χ1n) is 9.10. The molecule has 8 nitrogen and oxygen atoms in total. The molecule has 1 amide bonds. The van der Waals surface area contributed by atoms with Crippen LogP contribution in [0, 0.1) is 11.6 Å². The van der Waals surface area contributed by atoms with Crippen molar-refractivity contribution in [1.82, 2.24) is 19.6 Å². The van der Waals surface area contributed by atoms with Crippen molar-refractivity contribution in [3.63, 3.8) is 0 Å². The Morgan fingerprint density at radius 3 is 2.41 bits per heavy atom. The molecule has 1 N–H and O–H groups in total. The van der Waals surface area contributed by atoms with Crippen LogP contribution < -0.4 is 10.2 Å². The number of rotatable bonds is 7. The summed E-state index contributed by atoms with van der Waals surface area (Å²) in [6.45, 7) is 1.77. The van der Waals surface area contributed by atoms with Crippen LogP contribution in [-0.4, -0.2) is 67.1 Å². The molecule has 0 saturated carbocycles. The van der Waals surface area contributed by atoms with Crippen molar-refractivity contribution in [1.29, 1.82) is 0 Å². The van der Waals surface area contributed by atoms with Gasteiger partial charge < -0.3 is 10.2 Å². The highest BCUT2D eigenvalue weighted by Gasteiger charge is 2.27. The third-order valence-corrected chi connectivity index (χ3v) is 6.47. The molecule has 156 valence electrons. The van der Waals surface area contributed by atoms with Crippen LogP contribution in [0.15, 0.2) is 36.7 Å². The first kappa shape index (κ1) is 21.1. The van der Waals surface area contributed by atoms with Gasteiger partial charge in [0.15, 0.2) is 11.6 Å². The number of sulfonamides is 1. The molecule has 2 heterocycles. The number of carbonyl (C=O) groups excluding carboxylic acids is 1. The first-order chi connectivity index (χ1) is 13.9. The third kappa shape index (κ3) is 5.45. The molecule has 0 atom stereocenters. The molecule has 0 aliphatic carbocycles. The fourth-order valence-corrected chi connectivity index (χ4v) is 4.43. The van der Waals surface area contributed by atoms with E-state index in [0.717, 1.165) is 12.1 Å². The Morgan fingerprint density at radius 1 is 1.07 bits per heavy atom. The summed E-state index contributed by atoms with van der Waals surface area (Å²) in [6, 6.07) is 4.56. The van der Waals surface area contributed by atoms with E-state index < -0.39 is 27.6 Å². The van der Waals surface area contributed by atoms with Crippen LogP contribution in [0.1, 0.15) is 16.8 Å². The van der Waals surface area contributed by atoms with Gasteiger partial charge in [-0.3, -0.25) is 4.79 Å². The Morgan fingerprint density at radius 2 is 1.76 bits per heavy atom. The Hall–Kier alpha value is -2.66. The summed E-state index contributed by atoms with van der Waals surface area (Å²) in [7, 11) is -3.46. The normalized spacial score (nSPS) is 15.3. The van der Waals surface area contributed by atoms with Gasteiger partial charge in [0.05, 0.1) is 5.75 Å². The maximum Gasteiger partial charge on any atom is 0.251 e. The van der Waals surface area contributed by atoms with Crippen molar-refractivity contribution >= 4 is 21.9 Å². The quantitative estimate of drug-likeness (QED) is 0.666. The fraction of sp³-hybridized carbons (Fsp3) is 0.389. The van der Waals surface area contributed by atoms with E-state index in [1.807, 2.05) is 4.90 Å². The molecule has 29 heavy (non-hydrogen) atoms. The van der Waals surface area contributed by atoms with Crippen molar-refractivity contribution in [3.05, 3.63) is 53.9 Å². The number of halogens is 2. The fourth-order valence-electron chi connectivity index (χ4n) is 2.95. The third-order valence-electron chi connectivity index (χ3n) is 4.51. The lowest BCUT2D eigenvalue weighted by Crippen LogP contribution is -2.49. The molecule has 3 rings (SSSR count). The number of piperazine rings is 1. The van der Waals surface area contributed by atoms with E-state index in [1.54, 1.807) is 18.5 Å². The van der Waals surface area contributed by atoms with Gasteiger partial charge in [0.25, 0.3) is 5.91 Å². The summed E-state index contributed by atoms with van der Waals surface area (Å²) < 4.78 is 52.5. The Labute approximate surface area is 167 Å². The summed E-state index contributed by atoms with van der Waals surface area (Å²) in [5.74, 6) is -2.28. The van der Waals surface area contributed by atoms with E-state index in [-0.39, 0.29) is 24.3 Å². The van der Waals surface area contributed by atoms with Gasteiger partial charge in [0.1, 0.15) is 0 Å². The first-order valence-corrected chi connectivity index (χ1v) is 10.7. The van der Waals surface area contributed by atoms with Gasteiger partial charge in [0.2, 0.25) is 16.0 Å². The van der Waals surface area contributed by atoms with Crippen LogP contribution in [0.4, 0.5) is 14.7 Å². The predicted molar refractivity (Wildman–Crippen MR) is 103 cm³/mol. The largest absolute Gasteiger partial charge is 0.352 e. The molecular weight excluding hydrogens is 404 g/mol. The van der Waals surface area contributed by atoms with Crippen molar-refractivity contribution < 1.29 is 22.0 Å². The molecule has 1 fully saturated rings. The maximum atomic E-state index is 13.2. The predicted octanol–water partition coefficient (Wildman–Crippen LogP) is 1.03. The molecule has 0 unspecified atom stereocenters. The monoisotopic (exact) mass is 425 g/mol. The minimum absolute atomic E-state index is 0.0222. The van der Waals surface area contributed by atoms with Gasteiger partial charge in [0, 0.05) is 50.7 Å². The van der Waals surface area contributed by atoms with Crippen molar-refractivity contribution in [2.45, 2.75) is 6.42 Å². The van der Waals surface area contributed by atoms with Crippen LogP contribution in [0.3, 0.4) is 0 Å². The highest BCUT2D eigenvalue weighted by Crippen LogP contribution is 2.13. The Balaban J connectivity index is 1.43. The summed E-state index contributed by atoms with van der Waals surface area (Å²) in [4.78, 5) is 22.2. The van der Waals surface area contributed by atoms with E-state index in [2.05, 4.69) is 15.3 Å². The van der Waals surface area contributed by atoms with E-state index in [0.29, 0.717) is 32.1 Å². The van der Waals surface area contributed by atoms with Gasteiger partial charge in [-0.05, 0) is 30.7 Å². The van der Waals surface area contributed by atoms with Crippen molar-refractivity contribution in [2.75, 3.05) is 43.4 Å². The second kappa shape index (κ2) is 9.23. The van der Waals surface area contributed by atoms with E-state index in [9.17, 15) is 22.0 Å². The maximum absolute atomic E-state index is 13.2. The molecule has 0 bridgehead atoms. The number of carbonyl (C=O) groups is 1. The Bertz CT molecular complexity index is 951. The van der Waals surface area contributed by atoms with Crippen molar-refractivity contribution in [3.8, 4) is 0 Å². The molecule has 11 heteroatoms. The minimum Gasteiger partial charge on any atom is -0.352 e. The molecule has 1 aromatic carbocycles.